The number of amides is 2. The van der Waals surface area contributed by atoms with Gasteiger partial charge in [0.25, 0.3) is 5.91 Å². The fourth-order valence-electron chi connectivity index (χ4n) is 2.91. The van der Waals surface area contributed by atoms with E-state index < -0.39 is 12.6 Å². The maximum Gasteiger partial charge on any atom is 0.341 e. The molecule has 3 N–H and O–H groups in total. The highest BCUT2D eigenvalue weighted by atomic mass is 16.5. The smallest absolute Gasteiger partial charge is 0.341 e. The molecule has 0 aromatic heterocycles. The van der Waals surface area contributed by atoms with Crippen LogP contribution in [0.5, 0.6) is 5.75 Å². The van der Waals surface area contributed by atoms with Crippen LogP contribution in [0.15, 0.2) is 42.5 Å². The highest BCUT2D eigenvalue weighted by Gasteiger charge is 2.18. The van der Waals surface area contributed by atoms with E-state index in [0.717, 1.165) is 16.8 Å². The summed E-state index contributed by atoms with van der Waals surface area (Å²) in [6, 6.07) is 11.9. The lowest BCUT2D eigenvalue weighted by molar-refractivity contribution is -0.139. The van der Waals surface area contributed by atoms with Gasteiger partial charge in [0.05, 0.1) is 6.04 Å². The van der Waals surface area contributed by atoms with Gasteiger partial charge in [-0.25, -0.2) is 4.79 Å². The topological polar surface area (TPSA) is 105 Å². The van der Waals surface area contributed by atoms with E-state index in [0.29, 0.717) is 24.2 Å². The average Bonchev–Trinajstić information content (AvgIpc) is 2.66. The zero-order valence-electron chi connectivity index (χ0n) is 14.8. The number of benzene rings is 2. The first kappa shape index (κ1) is 18.4. The Balaban J connectivity index is 1.68. The van der Waals surface area contributed by atoms with Crippen molar-refractivity contribution in [3.8, 4) is 5.75 Å². The molecule has 1 atom stereocenters. The number of aliphatic carboxylic acids is 1. The molecule has 0 spiro atoms. The van der Waals surface area contributed by atoms with Crippen molar-refractivity contribution in [2.45, 2.75) is 25.8 Å². The first-order valence-corrected chi connectivity index (χ1v) is 8.60. The molecular formula is C20H20N2O5. The fourth-order valence-corrected chi connectivity index (χ4v) is 2.91. The first-order chi connectivity index (χ1) is 12.9. The number of hydrogen-bond donors (Lipinski definition) is 3. The molecule has 140 valence electrons. The summed E-state index contributed by atoms with van der Waals surface area (Å²) >= 11 is 0. The second-order valence-corrected chi connectivity index (χ2v) is 6.37. The number of carbonyl (C=O) groups excluding carboxylic acids is 2. The number of hydrogen-bond acceptors (Lipinski definition) is 4. The number of anilines is 1. The van der Waals surface area contributed by atoms with E-state index in [1.54, 1.807) is 18.2 Å². The van der Waals surface area contributed by atoms with E-state index >= 15 is 0 Å². The SMILES string of the molecule is CC(NC(=O)c1cccc(OCC(=O)O)c1)c1ccc2c(c1)CCC(=O)N2. The van der Waals surface area contributed by atoms with Crippen LogP contribution in [0.1, 0.15) is 40.9 Å². The predicted molar refractivity (Wildman–Crippen MR) is 98.8 cm³/mol. The molecule has 1 aliphatic rings. The van der Waals surface area contributed by atoms with Crippen LogP contribution in [0.25, 0.3) is 0 Å². The lowest BCUT2D eigenvalue weighted by Crippen LogP contribution is -2.27. The molecule has 0 saturated carbocycles. The van der Waals surface area contributed by atoms with Crippen molar-refractivity contribution in [2.24, 2.45) is 0 Å². The van der Waals surface area contributed by atoms with Gasteiger partial charge in [0.2, 0.25) is 5.91 Å². The van der Waals surface area contributed by atoms with Crippen LogP contribution in [-0.4, -0.2) is 29.5 Å². The van der Waals surface area contributed by atoms with Crippen molar-refractivity contribution in [2.75, 3.05) is 11.9 Å². The zero-order chi connectivity index (χ0) is 19.4. The van der Waals surface area contributed by atoms with Crippen molar-refractivity contribution >= 4 is 23.5 Å². The van der Waals surface area contributed by atoms with Crippen LogP contribution in [0.2, 0.25) is 0 Å². The Bertz CT molecular complexity index is 894. The molecule has 3 rings (SSSR count). The summed E-state index contributed by atoms with van der Waals surface area (Å²) in [7, 11) is 0. The Morgan fingerprint density at radius 3 is 2.81 bits per heavy atom. The average molecular weight is 368 g/mol. The third-order valence-electron chi connectivity index (χ3n) is 4.33. The maximum atomic E-state index is 12.5. The first-order valence-electron chi connectivity index (χ1n) is 8.60. The number of carbonyl (C=O) groups is 3. The zero-order valence-corrected chi connectivity index (χ0v) is 14.8. The van der Waals surface area contributed by atoms with Crippen molar-refractivity contribution in [1.82, 2.24) is 5.32 Å². The molecule has 1 unspecified atom stereocenters. The van der Waals surface area contributed by atoms with E-state index in [1.165, 1.54) is 6.07 Å². The van der Waals surface area contributed by atoms with E-state index in [1.807, 2.05) is 25.1 Å². The summed E-state index contributed by atoms with van der Waals surface area (Å²) in [5.74, 6) is -1.03. The number of nitrogens with one attached hydrogen (secondary N) is 2. The summed E-state index contributed by atoms with van der Waals surface area (Å²) in [6.07, 6.45) is 1.14. The Morgan fingerprint density at radius 2 is 2.04 bits per heavy atom. The molecule has 27 heavy (non-hydrogen) atoms. The lowest BCUT2D eigenvalue weighted by atomic mass is 9.97. The van der Waals surface area contributed by atoms with Gasteiger partial charge in [-0.15, -0.1) is 0 Å². The molecule has 0 radical (unpaired) electrons. The minimum Gasteiger partial charge on any atom is -0.482 e. The number of fused-ring (bicyclic) bond motifs is 1. The highest BCUT2D eigenvalue weighted by Crippen LogP contribution is 2.26. The molecular weight excluding hydrogens is 348 g/mol. The van der Waals surface area contributed by atoms with Gasteiger partial charge in [-0.2, -0.15) is 0 Å². The molecule has 7 heteroatoms. The number of ether oxygens (including phenoxy) is 1. The van der Waals surface area contributed by atoms with Gasteiger partial charge in [0, 0.05) is 17.7 Å². The maximum absolute atomic E-state index is 12.5. The number of carboxylic acids is 1. The predicted octanol–water partition coefficient (Wildman–Crippen LogP) is 2.53. The molecule has 1 aliphatic heterocycles. The third-order valence-corrected chi connectivity index (χ3v) is 4.33. The van der Waals surface area contributed by atoms with Gasteiger partial charge in [0.15, 0.2) is 6.61 Å². The molecule has 0 bridgehead atoms. The quantitative estimate of drug-likeness (QED) is 0.727. The van der Waals surface area contributed by atoms with Gasteiger partial charge in [-0.1, -0.05) is 18.2 Å². The van der Waals surface area contributed by atoms with Gasteiger partial charge in [-0.3, -0.25) is 9.59 Å². The summed E-state index contributed by atoms with van der Waals surface area (Å²) in [4.78, 5) is 34.5. The summed E-state index contributed by atoms with van der Waals surface area (Å²) < 4.78 is 5.10. The molecule has 7 nitrogen and oxygen atoms in total. The molecule has 0 aliphatic carbocycles. The fraction of sp³-hybridized carbons (Fsp3) is 0.250. The molecule has 0 fully saturated rings. The Labute approximate surface area is 156 Å². The largest absolute Gasteiger partial charge is 0.482 e. The van der Waals surface area contributed by atoms with E-state index in [9.17, 15) is 14.4 Å². The second-order valence-electron chi connectivity index (χ2n) is 6.37. The number of aryl methyl sites for hydroxylation is 1. The van der Waals surface area contributed by atoms with Crippen molar-refractivity contribution in [3.05, 3.63) is 59.2 Å². The van der Waals surface area contributed by atoms with Crippen LogP contribution in [0.3, 0.4) is 0 Å². The standard InChI is InChI=1S/C20H20N2O5/c1-12(13-5-7-17-14(9-13)6-8-18(23)22-17)21-20(26)15-3-2-4-16(10-15)27-11-19(24)25/h2-5,7,9-10,12H,6,8,11H2,1H3,(H,21,26)(H,22,23)(H,24,25). The Morgan fingerprint density at radius 1 is 1.22 bits per heavy atom. The van der Waals surface area contributed by atoms with E-state index in [2.05, 4.69) is 10.6 Å². The summed E-state index contributed by atoms with van der Waals surface area (Å²) in [6.45, 7) is 1.42. The second kappa shape index (κ2) is 7.90. The normalized spacial score (nSPS) is 13.9. The minimum atomic E-state index is -1.08. The van der Waals surface area contributed by atoms with Gasteiger partial charge < -0.3 is 20.5 Å². The van der Waals surface area contributed by atoms with Crippen molar-refractivity contribution < 1.29 is 24.2 Å². The minimum absolute atomic E-state index is 0.0154. The van der Waals surface area contributed by atoms with Gasteiger partial charge in [0.1, 0.15) is 5.75 Å². The van der Waals surface area contributed by atoms with Crippen molar-refractivity contribution in [3.63, 3.8) is 0 Å². The van der Waals surface area contributed by atoms with E-state index in [4.69, 9.17) is 9.84 Å². The number of rotatable bonds is 6. The molecule has 2 amide bonds. The van der Waals surface area contributed by atoms with Gasteiger partial charge in [-0.05, 0) is 48.7 Å². The molecule has 1 heterocycles. The highest BCUT2D eigenvalue weighted by molar-refractivity contribution is 5.95. The molecule has 0 saturated heterocycles. The Kier molecular flexibility index (Phi) is 5.40. The number of carboxylic acid groups (broad SMARTS) is 1. The van der Waals surface area contributed by atoms with Crippen LogP contribution < -0.4 is 15.4 Å². The van der Waals surface area contributed by atoms with Crippen LogP contribution in [-0.2, 0) is 16.0 Å². The molecule has 2 aromatic rings. The van der Waals surface area contributed by atoms with Crippen LogP contribution in [0, 0.1) is 0 Å². The van der Waals surface area contributed by atoms with Gasteiger partial charge >= 0.3 is 5.97 Å². The third kappa shape index (κ3) is 4.63. The van der Waals surface area contributed by atoms with Crippen molar-refractivity contribution in [1.29, 1.82) is 0 Å². The van der Waals surface area contributed by atoms with Crippen LogP contribution >= 0.6 is 0 Å². The summed E-state index contributed by atoms with van der Waals surface area (Å²) in [5.41, 5.74) is 3.19. The van der Waals surface area contributed by atoms with E-state index in [-0.39, 0.29) is 17.9 Å². The summed E-state index contributed by atoms with van der Waals surface area (Å²) in [5, 5.41) is 14.4. The Hall–Kier alpha value is -3.35. The molecule has 2 aromatic carbocycles. The monoisotopic (exact) mass is 368 g/mol. The lowest BCUT2D eigenvalue weighted by Gasteiger charge is -2.20. The van der Waals surface area contributed by atoms with Crippen LogP contribution in [0.4, 0.5) is 5.69 Å².